The Bertz CT molecular complexity index is 1210. The molecule has 1 heterocycles. The van der Waals surface area contributed by atoms with Crippen molar-refractivity contribution in [1.29, 1.82) is 0 Å². The average Bonchev–Trinajstić information content (AvgIpc) is 3.06. The molecule has 0 radical (unpaired) electrons. The van der Waals surface area contributed by atoms with Gasteiger partial charge in [-0.05, 0) is 45.0 Å². The van der Waals surface area contributed by atoms with Gasteiger partial charge in [0, 0.05) is 16.8 Å². The number of hydrogen-bond acceptors (Lipinski definition) is 4. The highest BCUT2D eigenvalue weighted by Crippen LogP contribution is 2.24. The molecule has 0 unspecified atom stereocenters. The van der Waals surface area contributed by atoms with Crippen molar-refractivity contribution in [2.45, 2.75) is 26.9 Å². The maximum Gasteiger partial charge on any atom is 0.405 e. The van der Waals surface area contributed by atoms with Gasteiger partial charge in [-0.2, -0.15) is 18.3 Å². The number of nitrogens with one attached hydrogen (secondary N) is 3. The van der Waals surface area contributed by atoms with Crippen LogP contribution >= 0.6 is 0 Å². The van der Waals surface area contributed by atoms with Gasteiger partial charge in [0.2, 0.25) is 5.91 Å². The Morgan fingerprint density at radius 3 is 2.38 bits per heavy atom. The quantitative estimate of drug-likeness (QED) is 0.444. The van der Waals surface area contributed by atoms with E-state index in [1.54, 1.807) is 23.8 Å². The molecule has 34 heavy (non-hydrogen) atoms. The molecule has 11 heteroatoms. The summed E-state index contributed by atoms with van der Waals surface area (Å²) in [7, 11) is 0. The molecule has 7 nitrogen and oxygen atoms in total. The van der Waals surface area contributed by atoms with Crippen LogP contribution in [0.25, 0.3) is 5.69 Å². The number of hydrogen-bond donors (Lipinski definition) is 3. The van der Waals surface area contributed by atoms with Gasteiger partial charge in [0.1, 0.15) is 12.4 Å². The monoisotopic (exact) mass is 477 g/mol. The fourth-order valence-electron chi connectivity index (χ4n) is 3.28. The number of alkyl halides is 3. The van der Waals surface area contributed by atoms with E-state index in [2.05, 4.69) is 15.7 Å². The number of nitrogens with zero attached hydrogens (tertiary/aromatic N) is 2. The summed E-state index contributed by atoms with van der Waals surface area (Å²) < 4.78 is 53.0. The highest BCUT2D eigenvalue weighted by Gasteiger charge is 2.28. The predicted octanol–water partition coefficient (Wildman–Crippen LogP) is 4.28. The molecule has 0 bridgehead atoms. The highest BCUT2D eigenvalue weighted by atomic mass is 19.4. The fraction of sp³-hybridized carbons (Fsp3) is 0.261. The van der Waals surface area contributed by atoms with E-state index in [1.165, 1.54) is 13.0 Å². The number of aryl methyl sites for hydroxylation is 1. The summed E-state index contributed by atoms with van der Waals surface area (Å²) in [6.45, 7) is 3.16. The molecule has 0 fully saturated rings. The largest absolute Gasteiger partial charge is 0.405 e. The van der Waals surface area contributed by atoms with Gasteiger partial charge in [0.05, 0.1) is 29.3 Å². The summed E-state index contributed by atoms with van der Waals surface area (Å²) in [6, 6.07) is 11.4. The Labute approximate surface area is 193 Å². The van der Waals surface area contributed by atoms with E-state index < -0.39 is 30.4 Å². The molecule has 0 atom stereocenters. The lowest BCUT2D eigenvalue weighted by Gasteiger charge is -2.14. The van der Waals surface area contributed by atoms with Crippen LogP contribution in [0, 0.1) is 26.6 Å². The summed E-state index contributed by atoms with van der Waals surface area (Å²) in [5.41, 5.74) is 2.59. The Morgan fingerprint density at radius 2 is 1.74 bits per heavy atom. The molecule has 0 aliphatic rings. The van der Waals surface area contributed by atoms with Gasteiger partial charge in [0.25, 0.3) is 5.91 Å². The third kappa shape index (κ3) is 5.91. The van der Waals surface area contributed by atoms with Crippen LogP contribution in [0.4, 0.5) is 28.9 Å². The molecule has 3 rings (SSSR count). The zero-order valence-corrected chi connectivity index (χ0v) is 18.7. The molecule has 3 aromatic rings. The number of carbonyl (C=O) groups excluding carboxylic acids is 2. The van der Waals surface area contributed by atoms with Gasteiger partial charge in [-0.1, -0.05) is 18.2 Å². The molecule has 0 spiro atoms. The second kappa shape index (κ2) is 9.94. The maximum atomic E-state index is 14.3. The normalized spacial score (nSPS) is 11.3. The molecule has 3 N–H and O–H groups in total. The lowest BCUT2D eigenvalue weighted by atomic mass is 10.1. The van der Waals surface area contributed by atoms with Gasteiger partial charge >= 0.3 is 6.18 Å². The van der Waals surface area contributed by atoms with Crippen LogP contribution in [0.15, 0.2) is 42.5 Å². The van der Waals surface area contributed by atoms with E-state index in [0.717, 1.165) is 11.8 Å². The van der Waals surface area contributed by atoms with Crippen LogP contribution in [0.2, 0.25) is 0 Å². The first-order chi connectivity index (χ1) is 16.0. The molecule has 0 aliphatic heterocycles. The van der Waals surface area contributed by atoms with Crippen molar-refractivity contribution < 1.29 is 27.2 Å². The van der Waals surface area contributed by atoms with Gasteiger partial charge in [-0.25, -0.2) is 9.07 Å². The van der Waals surface area contributed by atoms with Crippen LogP contribution in [0.3, 0.4) is 0 Å². The van der Waals surface area contributed by atoms with Crippen LogP contribution in [-0.2, 0) is 4.79 Å². The second-order valence-electron chi connectivity index (χ2n) is 7.62. The molecule has 0 aliphatic carbocycles. The van der Waals surface area contributed by atoms with Crippen molar-refractivity contribution in [2.24, 2.45) is 0 Å². The van der Waals surface area contributed by atoms with E-state index in [-0.39, 0.29) is 23.4 Å². The lowest BCUT2D eigenvalue weighted by molar-refractivity contribution is -0.123. The Hall–Kier alpha value is -3.89. The number of carbonyl (C=O) groups is 2. The van der Waals surface area contributed by atoms with Crippen molar-refractivity contribution in [3.63, 3.8) is 0 Å². The molecular formula is C23H23F4N5O2. The van der Waals surface area contributed by atoms with Gasteiger partial charge in [0.15, 0.2) is 0 Å². The van der Waals surface area contributed by atoms with Crippen molar-refractivity contribution in [2.75, 3.05) is 23.7 Å². The second-order valence-corrected chi connectivity index (χ2v) is 7.62. The number of benzene rings is 2. The van der Waals surface area contributed by atoms with Crippen LogP contribution in [-0.4, -0.2) is 40.9 Å². The molecule has 180 valence electrons. The Balaban J connectivity index is 1.70. The number of aromatic nitrogens is 2. The smallest absolute Gasteiger partial charge is 0.376 e. The van der Waals surface area contributed by atoms with Gasteiger partial charge in [-0.3, -0.25) is 9.59 Å². The number of para-hydroxylation sites is 1. The average molecular weight is 477 g/mol. The minimum atomic E-state index is -4.59. The van der Waals surface area contributed by atoms with Crippen LogP contribution in [0.5, 0.6) is 0 Å². The Morgan fingerprint density at radius 1 is 1.06 bits per heavy atom. The van der Waals surface area contributed by atoms with E-state index in [0.29, 0.717) is 17.1 Å². The number of amides is 2. The van der Waals surface area contributed by atoms with Crippen molar-refractivity contribution in [3.05, 3.63) is 70.8 Å². The summed E-state index contributed by atoms with van der Waals surface area (Å²) in [5, 5.41) is 11.6. The zero-order valence-electron chi connectivity index (χ0n) is 18.7. The van der Waals surface area contributed by atoms with Crippen molar-refractivity contribution in [3.8, 4) is 5.69 Å². The summed E-state index contributed by atoms with van der Waals surface area (Å²) in [6.07, 6.45) is -4.59. The Kier molecular flexibility index (Phi) is 7.23. The van der Waals surface area contributed by atoms with E-state index >= 15 is 0 Å². The minimum absolute atomic E-state index is 0.112. The third-order valence-electron chi connectivity index (χ3n) is 5.05. The van der Waals surface area contributed by atoms with E-state index in [9.17, 15) is 27.2 Å². The first kappa shape index (κ1) is 24.7. The van der Waals surface area contributed by atoms with Crippen LogP contribution in [0.1, 0.15) is 27.3 Å². The minimum Gasteiger partial charge on any atom is -0.376 e. The van der Waals surface area contributed by atoms with Gasteiger partial charge in [-0.15, -0.1) is 0 Å². The maximum absolute atomic E-state index is 14.3. The van der Waals surface area contributed by atoms with E-state index in [4.69, 9.17) is 0 Å². The molecule has 2 amide bonds. The van der Waals surface area contributed by atoms with Crippen molar-refractivity contribution >= 4 is 23.2 Å². The predicted molar refractivity (Wildman–Crippen MR) is 120 cm³/mol. The molecule has 1 aromatic heterocycles. The molecule has 0 saturated carbocycles. The SMILES string of the molecule is Cc1nn(-c2ccccc2)c(C)c1NC(=O)CNc1cc(C(=O)NCC(F)(F)F)cc(F)c1C. The number of rotatable bonds is 7. The topological polar surface area (TPSA) is 88.1 Å². The van der Waals surface area contributed by atoms with Crippen molar-refractivity contribution in [1.82, 2.24) is 15.1 Å². The lowest BCUT2D eigenvalue weighted by Crippen LogP contribution is -2.33. The summed E-state index contributed by atoms with van der Waals surface area (Å²) >= 11 is 0. The standard InChI is InChI=1S/C23H23F4N5O2/c1-13-18(24)9-16(22(34)29-12-23(25,26)27)10-19(13)28-11-20(33)30-21-14(2)31-32(15(21)3)17-7-5-4-6-8-17/h4-10,28H,11-12H2,1-3H3,(H,29,34)(H,30,33). The first-order valence-corrected chi connectivity index (χ1v) is 10.3. The van der Waals surface area contributed by atoms with E-state index in [1.807, 2.05) is 30.3 Å². The number of anilines is 2. The fourth-order valence-corrected chi connectivity index (χ4v) is 3.28. The zero-order chi connectivity index (χ0) is 25.0. The summed E-state index contributed by atoms with van der Waals surface area (Å²) in [4.78, 5) is 24.5. The molecule has 2 aromatic carbocycles. The number of halogens is 4. The summed E-state index contributed by atoms with van der Waals surface area (Å²) in [5.74, 6) is -2.33. The third-order valence-corrected chi connectivity index (χ3v) is 5.05. The highest BCUT2D eigenvalue weighted by molar-refractivity contribution is 5.97. The van der Waals surface area contributed by atoms with Gasteiger partial charge < -0.3 is 16.0 Å². The van der Waals surface area contributed by atoms with Crippen LogP contribution < -0.4 is 16.0 Å². The molecular weight excluding hydrogens is 454 g/mol. The first-order valence-electron chi connectivity index (χ1n) is 10.3. The molecule has 0 saturated heterocycles.